The molecule has 3 nitrogen and oxygen atoms in total. The zero-order valence-electron chi connectivity index (χ0n) is 10.7. The first-order valence-corrected chi connectivity index (χ1v) is 6.19. The summed E-state index contributed by atoms with van der Waals surface area (Å²) in [7, 11) is 0. The van der Waals surface area contributed by atoms with Crippen LogP contribution in [0.15, 0.2) is 18.3 Å². The first kappa shape index (κ1) is 13.0. The summed E-state index contributed by atoms with van der Waals surface area (Å²) in [4.78, 5) is 0. The van der Waals surface area contributed by atoms with Gasteiger partial charge >= 0.3 is 0 Å². The molecule has 16 heavy (non-hydrogen) atoms. The highest BCUT2D eigenvalue weighted by atomic mass is 15.3. The van der Waals surface area contributed by atoms with Gasteiger partial charge in [-0.15, -0.1) is 0 Å². The van der Waals surface area contributed by atoms with Gasteiger partial charge in [-0.25, -0.2) is 0 Å². The van der Waals surface area contributed by atoms with Crippen LogP contribution in [-0.4, -0.2) is 22.9 Å². The highest BCUT2D eigenvalue weighted by molar-refractivity contribution is 5.60. The Morgan fingerprint density at radius 2 is 2.31 bits per heavy atom. The molecule has 0 radical (unpaired) electrons. The molecule has 0 aliphatic carbocycles. The third-order valence-electron chi connectivity index (χ3n) is 2.58. The van der Waals surface area contributed by atoms with E-state index < -0.39 is 0 Å². The molecule has 1 aromatic rings. The SMILES string of the molecule is CCCn1nccc1C(C)=CCCNCC. The van der Waals surface area contributed by atoms with Gasteiger partial charge in [0.15, 0.2) is 0 Å². The fourth-order valence-corrected chi connectivity index (χ4v) is 1.73. The summed E-state index contributed by atoms with van der Waals surface area (Å²) in [5.41, 5.74) is 2.57. The molecule has 0 fully saturated rings. The van der Waals surface area contributed by atoms with E-state index in [4.69, 9.17) is 0 Å². The lowest BCUT2D eigenvalue weighted by Gasteiger charge is -2.06. The van der Waals surface area contributed by atoms with Crippen LogP contribution in [0.3, 0.4) is 0 Å². The van der Waals surface area contributed by atoms with Crippen LogP contribution in [0.2, 0.25) is 0 Å². The van der Waals surface area contributed by atoms with Gasteiger partial charge in [0, 0.05) is 12.7 Å². The summed E-state index contributed by atoms with van der Waals surface area (Å²) in [5.74, 6) is 0. The van der Waals surface area contributed by atoms with Crippen LogP contribution in [0.5, 0.6) is 0 Å². The lowest BCUT2D eigenvalue weighted by Crippen LogP contribution is -2.13. The van der Waals surface area contributed by atoms with Gasteiger partial charge in [0.1, 0.15) is 0 Å². The molecular weight excluding hydrogens is 198 g/mol. The maximum Gasteiger partial charge on any atom is 0.0635 e. The zero-order chi connectivity index (χ0) is 11.8. The molecule has 1 aromatic heterocycles. The number of aromatic nitrogens is 2. The average molecular weight is 221 g/mol. The van der Waals surface area contributed by atoms with E-state index in [1.807, 2.05) is 6.20 Å². The average Bonchev–Trinajstić information content (AvgIpc) is 2.73. The molecule has 0 spiro atoms. The fraction of sp³-hybridized carbons (Fsp3) is 0.615. The number of hydrogen-bond acceptors (Lipinski definition) is 2. The number of aryl methyl sites for hydroxylation is 1. The van der Waals surface area contributed by atoms with E-state index in [0.29, 0.717) is 0 Å². The van der Waals surface area contributed by atoms with Crippen molar-refractivity contribution in [1.82, 2.24) is 15.1 Å². The number of hydrogen-bond donors (Lipinski definition) is 1. The van der Waals surface area contributed by atoms with Crippen molar-refractivity contribution in [3.8, 4) is 0 Å². The highest BCUT2D eigenvalue weighted by Crippen LogP contribution is 2.13. The first-order valence-electron chi connectivity index (χ1n) is 6.19. The molecule has 90 valence electrons. The molecule has 0 aliphatic heterocycles. The Labute approximate surface area is 98.5 Å². The van der Waals surface area contributed by atoms with E-state index >= 15 is 0 Å². The minimum atomic E-state index is 1.00. The van der Waals surface area contributed by atoms with Gasteiger partial charge in [0.05, 0.1) is 5.69 Å². The molecule has 1 heterocycles. The van der Waals surface area contributed by atoms with Gasteiger partial charge in [-0.2, -0.15) is 5.10 Å². The van der Waals surface area contributed by atoms with E-state index in [2.05, 4.69) is 48.0 Å². The van der Waals surface area contributed by atoms with Gasteiger partial charge < -0.3 is 5.32 Å². The van der Waals surface area contributed by atoms with Gasteiger partial charge in [-0.3, -0.25) is 4.68 Å². The van der Waals surface area contributed by atoms with E-state index in [-0.39, 0.29) is 0 Å². The number of nitrogens with zero attached hydrogens (tertiary/aromatic N) is 2. The van der Waals surface area contributed by atoms with Crippen LogP contribution >= 0.6 is 0 Å². The lowest BCUT2D eigenvalue weighted by atomic mass is 10.2. The van der Waals surface area contributed by atoms with Crippen LogP contribution < -0.4 is 5.32 Å². The monoisotopic (exact) mass is 221 g/mol. The molecule has 0 unspecified atom stereocenters. The topological polar surface area (TPSA) is 29.9 Å². The molecule has 1 N–H and O–H groups in total. The molecule has 3 heteroatoms. The third-order valence-corrected chi connectivity index (χ3v) is 2.58. The van der Waals surface area contributed by atoms with E-state index in [1.54, 1.807) is 0 Å². The normalized spacial score (nSPS) is 12.1. The predicted molar refractivity (Wildman–Crippen MR) is 69.3 cm³/mol. The van der Waals surface area contributed by atoms with Gasteiger partial charge in [-0.1, -0.05) is 19.9 Å². The standard InChI is InChI=1S/C13H23N3/c1-4-11-16-13(8-10-15-16)12(3)7-6-9-14-5-2/h7-8,10,14H,4-6,9,11H2,1-3H3. The van der Waals surface area contributed by atoms with Crippen molar-refractivity contribution in [3.63, 3.8) is 0 Å². The van der Waals surface area contributed by atoms with Gasteiger partial charge in [-0.05, 0) is 44.5 Å². The molecular formula is C13H23N3. The van der Waals surface area contributed by atoms with Crippen molar-refractivity contribution in [2.24, 2.45) is 0 Å². The van der Waals surface area contributed by atoms with Crippen molar-refractivity contribution in [2.75, 3.05) is 13.1 Å². The largest absolute Gasteiger partial charge is 0.317 e. The van der Waals surface area contributed by atoms with Crippen LogP contribution in [0.4, 0.5) is 0 Å². The molecule has 0 amide bonds. The second-order valence-electron chi connectivity index (χ2n) is 3.97. The Morgan fingerprint density at radius 3 is 3.00 bits per heavy atom. The fourth-order valence-electron chi connectivity index (χ4n) is 1.73. The molecule has 0 aliphatic rings. The summed E-state index contributed by atoms with van der Waals surface area (Å²) in [6, 6.07) is 2.09. The smallest absolute Gasteiger partial charge is 0.0635 e. The summed E-state index contributed by atoms with van der Waals surface area (Å²) in [5, 5.41) is 7.65. The molecule has 0 saturated heterocycles. The van der Waals surface area contributed by atoms with Crippen molar-refractivity contribution in [1.29, 1.82) is 0 Å². The molecule has 0 aromatic carbocycles. The van der Waals surface area contributed by atoms with E-state index in [9.17, 15) is 0 Å². The third kappa shape index (κ3) is 3.81. The Hall–Kier alpha value is -1.09. The van der Waals surface area contributed by atoms with Crippen molar-refractivity contribution < 1.29 is 0 Å². The summed E-state index contributed by atoms with van der Waals surface area (Å²) in [6.07, 6.45) is 6.37. The zero-order valence-corrected chi connectivity index (χ0v) is 10.7. The Bertz CT molecular complexity index is 326. The van der Waals surface area contributed by atoms with Crippen LogP contribution in [0.25, 0.3) is 5.57 Å². The minimum Gasteiger partial charge on any atom is -0.317 e. The Morgan fingerprint density at radius 1 is 1.50 bits per heavy atom. The summed E-state index contributed by atoms with van der Waals surface area (Å²) in [6.45, 7) is 9.56. The van der Waals surface area contributed by atoms with Crippen molar-refractivity contribution in [2.45, 2.75) is 40.2 Å². The summed E-state index contributed by atoms with van der Waals surface area (Å²) >= 11 is 0. The van der Waals surface area contributed by atoms with E-state index in [0.717, 1.165) is 32.5 Å². The molecule has 1 rings (SSSR count). The van der Waals surface area contributed by atoms with Crippen LogP contribution in [-0.2, 0) is 6.54 Å². The molecule has 0 atom stereocenters. The maximum absolute atomic E-state index is 4.33. The Kier molecular flexibility index (Phi) is 5.86. The molecule has 0 saturated carbocycles. The van der Waals surface area contributed by atoms with Crippen molar-refractivity contribution in [3.05, 3.63) is 24.0 Å². The van der Waals surface area contributed by atoms with Gasteiger partial charge in [0.25, 0.3) is 0 Å². The number of nitrogens with one attached hydrogen (secondary N) is 1. The molecule has 0 bridgehead atoms. The minimum absolute atomic E-state index is 1.00. The number of allylic oxidation sites excluding steroid dienone is 1. The second-order valence-corrected chi connectivity index (χ2v) is 3.97. The summed E-state index contributed by atoms with van der Waals surface area (Å²) < 4.78 is 2.08. The van der Waals surface area contributed by atoms with Crippen LogP contribution in [0.1, 0.15) is 39.3 Å². The Balaban J connectivity index is 2.56. The highest BCUT2D eigenvalue weighted by Gasteiger charge is 2.02. The lowest BCUT2D eigenvalue weighted by molar-refractivity contribution is 0.596. The first-order chi connectivity index (χ1) is 7.79. The van der Waals surface area contributed by atoms with Crippen LogP contribution in [0, 0.1) is 0 Å². The van der Waals surface area contributed by atoms with Gasteiger partial charge in [0.2, 0.25) is 0 Å². The second kappa shape index (κ2) is 7.23. The predicted octanol–water partition coefficient (Wildman–Crippen LogP) is 2.70. The van der Waals surface area contributed by atoms with E-state index in [1.165, 1.54) is 11.3 Å². The maximum atomic E-state index is 4.33. The van der Waals surface area contributed by atoms with Crippen molar-refractivity contribution >= 4 is 5.57 Å². The number of rotatable bonds is 7. The quantitative estimate of drug-likeness (QED) is 0.717.